The highest BCUT2D eigenvalue weighted by Crippen LogP contribution is 2.22. The van der Waals surface area contributed by atoms with Crippen LogP contribution >= 0.6 is 0 Å². The van der Waals surface area contributed by atoms with Gasteiger partial charge in [0.1, 0.15) is 11.9 Å². The van der Waals surface area contributed by atoms with E-state index in [2.05, 4.69) is 15.4 Å². The molecule has 1 aliphatic heterocycles. The van der Waals surface area contributed by atoms with Gasteiger partial charge in [-0.3, -0.25) is 0 Å². The van der Waals surface area contributed by atoms with Gasteiger partial charge >= 0.3 is 0 Å². The van der Waals surface area contributed by atoms with Crippen molar-refractivity contribution in [3.63, 3.8) is 0 Å². The molecule has 0 saturated carbocycles. The Bertz CT molecular complexity index is 571. The fourth-order valence-electron chi connectivity index (χ4n) is 2.05. The van der Waals surface area contributed by atoms with Crippen LogP contribution in [-0.2, 0) is 4.74 Å². The first kappa shape index (κ1) is 12.8. The van der Waals surface area contributed by atoms with Crippen LogP contribution in [0.5, 0.6) is 5.88 Å². The van der Waals surface area contributed by atoms with E-state index in [0.29, 0.717) is 24.1 Å². The maximum atomic E-state index is 5.81. The molecule has 1 fully saturated rings. The molecule has 3 rings (SSSR count). The lowest BCUT2D eigenvalue weighted by atomic mass is 10.2. The Kier molecular flexibility index (Phi) is 3.76. The Hall–Kier alpha value is -2.18. The van der Waals surface area contributed by atoms with Crippen LogP contribution in [-0.4, -0.2) is 29.3 Å². The number of aromatic nitrogens is 2. The summed E-state index contributed by atoms with van der Waals surface area (Å²) in [4.78, 5) is 8.77. The topological polar surface area (TPSA) is 82.3 Å². The fraction of sp³-hybridized carbons (Fsp3) is 0.286. The molecule has 1 atom stereocenters. The highest BCUT2D eigenvalue weighted by molar-refractivity contribution is 5.57. The van der Waals surface area contributed by atoms with Gasteiger partial charge in [-0.25, -0.2) is 10.8 Å². The van der Waals surface area contributed by atoms with E-state index in [-0.39, 0.29) is 6.10 Å². The van der Waals surface area contributed by atoms with Crippen LogP contribution in [0.15, 0.2) is 36.4 Å². The molecule has 0 radical (unpaired) electrons. The third-order valence-electron chi connectivity index (χ3n) is 3.06. The number of nitrogen functional groups attached to an aromatic ring is 1. The summed E-state index contributed by atoms with van der Waals surface area (Å²) in [7, 11) is 0. The van der Waals surface area contributed by atoms with Crippen LogP contribution in [0.3, 0.4) is 0 Å². The maximum absolute atomic E-state index is 5.81. The summed E-state index contributed by atoms with van der Waals surface area (Å²) in [6.45, 7) is 1.32. The highest BCUT2D eigenvalue weighted by Gasteiger charge is 2.18. The second-order valence-electron chi connectivity index (χ2n) is 4.53. The van der Waals surface area contributed by atoms with Crippen molar-refractivity contribution in [2.45, 2.75) is 12.5 Å². The summed E-state index contributed by atoms with van der Waals surface area (Å²) in [5.41, 5.74) is 3.45. The van der Waals surface area contributed by atoms with Gasteiger partial charge in [-0.15, -0.1) is 0 Å². The standard InChI is InChI=1S/C14H16N4O2/c15-18-12-8-13(20-11-6-7-19-9-11)17-14(16-12)10-4-2-1-3-5-10/h1-5,8,11H,6-7,9,15H2,(H,16,17,18). The number of hydrazine groups is 1. The second-order valence-corrected chi connectivity index (χ2v) is 4.53. The molecule has 6 nitrogen and oxygen atoms in total. The van der Waals surface area contributed by atoms with E-state index >= 15 is 0 Å². The summed E-state index contributed by atoms with van der Waals surface area (Å²) >= 11 is 0. The van der Waals surface area contributed by atoms with Gasteiger partial charge in [-0.05, 0) is 0 Å². The number of hydrogen-bond acceptors (Lipinski definition) is 6. The number of anilines is 1. The van der Waals surface area contributed by atoms with E-state index in [1.165, 1.54) is 0 Å². The molecular formula is C14H16N4O2. The molecule has 1 aromatic heterocycles. The van der Waals surface area contributed by atoms with Crippen LogP contribution in [0, 0.1) is 0 Å². The fourth-order valence-corrected chi connectivity index (χ4v) is 2.05. The molecule has 0 aliphatic carbocycles. The van der Waals surface area contributed by atoms with E-state index < -0.39 is 0 Å². The van der Waals surface area contributed by atoms with Crippen molar-refractivity contribution < 1.29 is 9.47 Å². The number of rotatable bonds is 4. The van der Waals surface area contributed by atoms with E-state index in [0.717, 1.165) is 18.6 Å². The van der Waals surface area contributed by atoms with Crippen molar-refractivity contribution in [3.8, 4) is 17.3 Å². The summed E-state index contributed by atoms with van der Waals surface area (Å²) in [5, 5.41) is 0. The third kappa shape index (κ3) is 2.87. The molecule has 104 valence electrons. The average molecular weight is 272 g/mol. The predicted molar refractivity (Wildman–Crippen MR) is 75.1 cm³/mol. The number of ether oxygens (including phenoxy) is 2. The highest BCUT2D eigenvalue weighted by atomic mass is 16.5. The lowest BCUT2D eigenvalue weighted by Gasteiger charge is -2.13. The predicted octanol–water partition coefficient (Wildman–Crippen LogP) is 1.60. The van der Waals surface area contributed by atoms with Gasteiger partial charge in [-0.2, -0.15) is 4.98 Å². The Balaban J connectivity index is 1.90. The molecule has 0 amide bonds. The molecule has 0 bridgehead atoms. The van der Waals surface area contributed by atoms with Crippen LogP contribution in [0.4, 0.5) is 5.82 Å². The Morgan fingerprint density at radius 3 is 2.80 bits per heavy atom. The van der Waals surface area contributed by atoms with Crippen molar-refractivity contribution in [2.75, 3.05) is 18.6 Å². The Morgan fingerprint density at radius 2 is 2.10 bits per heavy atom. The minimum Gasteiger partial charge on any atom is -0.472 e. The molecule has 0 spiro atoms. The van der Waals surface area contributed by atoms with Crippen LogP contribution in [0.2, 0.25) is 0 Å². The van der Waals surface area contributed by atoms with Gasteiger partial charge in [0.25, 0.3) is 0 Å². The summed E-state index contributed by atoms with van der Waals surface area (Å²) < 4.78 is 11.1. The first-order valence-electron chi connectivity index (χ1n) is 6.50. The molecule has 3 N–H and O–H groups in total. The smallest absolute Gasteiger partial charge is 0.219 e. The van der Waals surface area contributed by atoms with E-state index in [1.807, 2.05) is 30.3 Å². The van der Waals surface area contributed by atoms with E-state index in [9.17, 15) is 0 Å². The normalized spacial score (nSPS) is 17.9. The zero-order valence-corrected chi connectivity index (χ0v) is 11.0. The molecule has 1 unspecified atom stereocenters. The molecule has 2 heterocycles. The van der Waals surface area contributed by atoms with Crippen LogP contribution < -0.4 is 16.0 Å². The molecule has 1 aliphatic rings. The molecule has 1 saturated heterocycles. The van der Waals surface area contributed by atoms with Crippen molar-refractivity contribution in [2.24, 2.45) is 5.84 Å². The average Bonchev–Trinajstić information content (AvgIpc) is 3.00. The number of nitrogens with two attached hydrogens (primary N) is 1. The van der Waals surface area contributed by atoms with Gasteiger partial charge < -0.3 is 14.9 Å². The van der Waals surface area contributed by atoms with Crippen molar-refractivity contribution in [1.29, 1.82) is 0 Å². The molecule has 2 aromatic rings. The van der Waals surface area contributed by atoms with Gasteiger partial charge in [-0.1, -0.05) is 30.3 Å². The van der Waals surface area contributed by atoms with Gasteiger partial charge in [0.15, 0.2) is 5.82 Å². The van der Waals surface area contributed by atoms with Crippen molar-refractivity contribution in [1.82, 2.24) is 9.97 Å². The SMILES string of the molecule is NNc1cc(OC2CCOC2)nc(-c2ccccc2)n1. The number of nitrogens with one attached hydrogen (secondary N) is 1. The monoisotopic (exact) mass is 272 g/mol. The lowest BCUT2D eigenvalue weighted by molar-refractivity contribution is 0.138. The maximum Gasteiger partial charge on any atom is 0.219 e. The molecule has 6 heteroatoms. The zero-order valence-electron chi connectivity index (χ0n) is 11.0. The summed E-state index contributed by atoms with van der Waals surface area (Å²) in [5.74, 6) is 7.06. The van der Waals surface area contributed by atoms with Crippen molar-refractivity contribution >= 4 is 5.82 Å². The Morgan fingerprint density at radius 1 is 1.25 bits per heavy atom. The number of benzene rings is 1. The first-order chi connectivity index (χ1) is 9.85. The largest absolute Gasteiger partial charge is 0.472 e. The lowest BCUT2D eigenvalue weighted by Crippen LogP contribution is -2.17. The molecule has 20 heavy (non-hydrogen) atoms. The first-order valence-corrected chi connectivity index (χ1v) is 6.50. The summed E-state index contributed by atoms with van der Waals surface area (Å²) in [6.07, 6.45) is 0.912. The van der Waals surface area contributed by atoms with E-state index in [4.69, 9.17) is 15.3 Å². The molecular weight excluding hydrogens is 256 g/mol. The van der Waals surface area contributed by atoms with Crippen LogP contribution in [0.25, 0.3) is 11.4 Å². The quantitative estimate of drug-likeness (QED) is 0.650. The number of hydrogen-bond donors (Lipinski definition) is 2. The van der Waals surface area contributed by atoms with Gasteiger partial charge in [0.05, 0.1) is 13.2 Å². The minimum atomic E-state index is 0.0409. The number of nitrogens with zero attached hydrogens (tertiary/aromatic N) is 2. The van der Waals surface area contributed by atoms with Crippen LogP contribution in [0.1, 0.15) is 6.42 Å². The Labute approximate surface area is 116 Å². The van der Waals surface area contributed by atoms with Gasteiger partial charge in [0, 0.05) is 18.1 Å². The van der Waals surface area contributed by atoms with Gasteiger partial charge in [0.2, 0.25) is 5.88 Å². The molecule has 1 aromatic carbocycles. The minimum absolute atomic E-state index is 0.0409. The third-order valence-corrected chi connectivity index (χ3v) is 3.06. The summed E-state index contributed by atoms with van der Waals surface area (Å²) in [6, 6.07) is 11.4. The zero-order chi connectivity index (χ0) is 13.8. The second kappa shape index (κ2) is 5.85. The van der Waals surface area contributed by atoms with Crippen molar-refractivity contribution in [3.05, 3.63) is 36.4 Å². The van der Waals surface area contributed by atoms with E-state index in [1.54, 1.807) is 6.07 Å².